The largest absolute Gasteiger partial charge is 0.489 e. The molecule has 2 aromatic carbocycles. The van der Waals surface area contributed by atoms with Crippen LogP contribution in [0.3, 0.4) is 0 Å². The number of hydrogen-bond donors (Lipinski definition) is 1. The van der Waals surface area contributed by atoms with Gasteiger partial charge < -0.3 is 4.74 Å². The maximum atomic E-state index is 13.5. The van der Waals surface area contributed by atoms with Gasteiger partial charge >= 0.3 is 0 Å². The van der Waals surface area contributed by atoms with E-state index in [9.17, 15) is 4.39 Å². The van der Waals surface area contributed by atoms with Crippen molar-refractivity contribution in [2.75, 3.05) is 5.43 Å². The number of hydrazone groups is 1. The Balaban J connectivity index is 2.03. The first kappa shape index (κ1) is 15.0. The van der Waals surface area contributed by atoms with Gasteiger partial charge in [0.05, 0.1) is 5.69 Å². The highest BCUT2D eigenvalue weighted by Crippen LogP contribution is 2.19. The van der Waals surface area contributed by atoms with Crippen molar-refractivity contribution in [1.82, 2.24) is 0 Å². The number of nitriles is 2. The van der Waals surface area contributed by atoms with Crippen LogP contribution < -0.4 is 10.2 Å². The monoisotopic (exact) mass is 294 g/mol. The predicted octanol–water partition coefficient (Wildman–Crippen LogP) is 3.22. The molecule has 0 spiro atoms. The SMILES string of the molecule is N#CC(C#N)=NNc1cccc(OCc2ccccc2F)c1. The molecule has 108 valence electrons. The smallest absolute Gasteiger partial charge is 0.237 e. The van der Waals surface area contributed by atoms with Gasteiger partial charge in [0, 0.05) is 11.6 Å². The second-order valence-corrected chi connectivity index (χ2v) is 4.20. The number of rotatable bonds is 5. The zero-order chi connectivity index (χ0) is 15.8. The van der Waals surface area contributed by atoms with Gasteiger partial charge in [0.1, 0.15) is 30.3 Å². The molecule has 2 rings (SSSR count). The summed E-state index contributed by atoms with van der Waals surface area (Å²) in [5.74, 6) is 0.188. The minimum atomic E-state index is -0.325. The molecule has 0 amide bonds. The van der Waals surface area contributed by atoms with Crippen LogP contribution in [0.1, 0.15) is 5.56 Å². The summed E-state index contributed by atoms with van der Waals surface area (Å²) in [6.07, 6.45) is 0. The highest BCUT2D eigenvalue weighted by molar-refractivity contribution is 6.10. The lowest BCUT2D eigenvalue weighted by molar-refractivity contribution is 0.300. The Bertz CT molecular complexity index is 758. The van der Waals surface area contributed by atoms with E-state index in [2.05, 4.69) is 10.5 Å². The van der Waals surface area contributed by atoms with Gasteiger partial charge in [-0.1, -0.05) is 24.3 Å². The number of ether oxygens (including phenoxy) is 1. The van der Waals surface area contributed by atoms with E-state index in [1.54, 1.807) is 54.6 Å². The molecule has 0 bridgehead atoms. The van der Waals surface area contributed by atoms with E-state index in [-0.39, 0.29) is 18.1 Å². The molecule has 0 heterocycles. The Labute approximate surface area is 126 Å². The number of nitrogens with zero attached hydrogens (tertiary/aromatic N) is 3. The normalized spacial score (nSPS) is 9.23. The third kappa shape index (κ3) is 4.06. The van der Waals surface area contributed by atoms with Gasteiger partial charge in [-0.05, 0) is 18.2 Å². The van der Waals surface area contributed by atoms with Crippen molar-refractivity contribution >= 4 is 11.4 Å². The van der Waals surface area contributed by atoms with E-state index in [0.717, 1.165) is 0 Å². The molecule has 0 aliphatic heterocycles. The molecule has 0 radical (unpaired) electrons. The van der Waals surface area contributed by atoms with Crippen LogP contribution in [0, 0.1) is 28.5 Å². The van der Waals surface area contributed by atoms with Crippen molar-refractivity contribution in [3.8, 4) is 17.9 Å². The first-order chi connectivity index (χ1) is 10.7. The molecule has 0 atom stereocenters. The summed E-state index contributed by atoms with van der Waals surface area (Å²) in [7, 11) is 0. The van der Waals surface area contributed by atoms with Crippen LogP contribution in [0.15, 0.2) is 53.6 Å². The van der Waals surface area contributed by atoms with Gasteiger partial charge in [-0.3, -0.25) is 5.43 Å². The molecular formula is C16H11FN4O. The van der Waals surface area contributed by atoms with Gasteiger partial charge in [0.15, 0.2) is 0 Å². The van der Waals surface area contributed by atoms with E-state index < -0.39 is 0 Å². The molecule has 0 aliphatic carbocycles. The Morgan fingerprint density at radius 3 is 2.64 bits per heavy atom. The summed E-state index contributed by atoms with van der Waals surface area (Å²) in [6.45, 7) is 0.0982. The van der Waals surface area contributed by atoms with E-state index in [4.69, 9.17) is 15.3 Å². The number of anilines is 1. The predicted molar refractivity (Wildman–Crippen MR) is 79.5 cm³/mol. The molecule has 0 fully saturated rings. The first-order valence-corrected chi connectivity index (χ1v) is 6.33. The van der Waals surface area contributed by atoms with Crippen LogP contribution in [0.4, 0.5) is 10.1 Å². The van der Waals surface area contributed by atoms with Gasteiger partial charge in [0.2, 0.25) is 5.71 Å². The fourth-order valence-corrected chi connectivity index (χ4v) is 1.63. The molecule has 2 aromatic rings. The summed E-state index contributed by atoms with van der Waals surface area (Å²) in [6, 6.07) is 16.4. The third-order valence-electron chi connectivity index (χ3n) is 2.69. The van der Waals surface area contributed by atoms with Crippen LogP contribution in [-0.4, -0.2) is 5.71 Å². The summed E-state index contributed by atoms with van der Waals surface area (Å²) in [5, 5.41) is 20.8. The van der Waals surface area contributed by atoms with Crippen LogP contribution in [0.5, 0.6) is 5.75 Å². The molecule has 1 N–H and O–H groups in total. The van der Waals surface area contributed by atoms with E-state index in [0.29, 0.717) is 17.0 Å². The van der Waals surface area contributed by atoms with Crippen LogP contribution in [-0.2, 0) is 6.61 Å². The quantitative estimate of drug-likeness (QED) is 0.678. The Morgan fingerprint density at radius 2 is 1.91 bits per heavy atom. The summed E-state index contributed by atoms with van der Waals surface area (Å²) in [4.78, 5) is 0. The Hall–Kier alpha value is -3.38. The van der Waals surface area contributed by atoms with Crippen molar-refractivity contribution in [3.05, 3.63) is 59.9 Å². The molecule has 0 aliphatic rings. The van der Waals surface area contributed by atoms with Crippen LogP contribution >= 0.6 is 0 Å². The molecule has 6 heteroatoms. The van der Waals surface area contributed by atoms with Gasteiger partial charge in [-0.15, -0.1) is 0 Å². The minimum absolute atomic E-state index is 0.0982. The number of benzene rings is 2. The maximum absolute atomic E-state index is 13.5. The summed E-state index contributed by atoms with van der Waals surface area (Å²) < 4.78 is 19.0. The summed E-state index contributed by atoms with van der Waals surface area (Å²) in [5.41, 5.74) is 3.31. The Kier molecular flexibility index (Phi) is 5.06. The second-order valence-electron chi connectivity index (χ2n) is 4.20. The van der Waals surface area contributed by atoms with Gasteiger partial charge in [-0.25, -0.2) is 4.39 Å². The van der Waals surface area contributed by atoms with E-state index >= 15 is 0 Å². The van der Waals surface area contributed by atoms with Gasteiger partial charge in [0.25, 0.3) is 0 Å². The highest BCUT2D eigenvalue weighted by Gasteiger charge is 2.02. The first-order valence-electron chi connectivity index (χ1n) is 6.33. The highest BCUT2D eigenvalue weighted by atomic mass is 19.1. The fourth-order valence-electron chi connectivity index (χ4n) is 1.63. The summed E-state index contributed by atoms with van der Waals surface area (Å²) >= 11 is 0. The van der Waals surface area contributed by atoms with Gasteiger partial charge in [-0.2, -0.15) is 15.6 Å². The van der Waals surface area contributed by atoms with Crippen molar-refractivity contribution in [1.29, 1.82) is 10.5 Å². The standard InChI is InChI=1S/C16H11FN4O/c17-16-7-2-1-4-12(16)11-22-15-6-3-5-13(8-15)20-21-14(9-18)10-19/h1-8,20H,11H2. The fraction of sp³-hybridized carbons (Fsp3) is 0.0625. The van der Waals surface area contributed by atoms with E-state index in [1.165, 1.54) is 6.07 Å². The van der Waals surface area contributed by atoms with E-state index in [1.807, 2.05) is 0 Å². The minimum Gasteiger partial charge on any atom is -0.489 e. The average molecular weight is 294 g/mol. The molecule has 0 saturated carbocycles. The lowest BCUT2D eigenvalue weighted by Gasteiger charge is -2.08. The van der Waals surface area contributed by atoms with Crippen LogP contribution in [0.2, 0.25) is 0 Å². The Morgan fingerprint density at radius 1 is 1.14 bits per heavy atom. The molecule has 5 nitrogen and oxygen atoms in total. The zero-order valence-electron chi connectivity index (χ0n) is 11.5. The average Bonchev–Trinajstić information content (AvgIpc) is 2.55. The molecule has 0 saturated heterocycles. The third-order valence-corrected chi connectivity index (χ3v) is 2.69. The van der Waals surface area contributed by atoms with Crippen LogP contribution in [0.25, 0.3) is 0 Å². The number of nitrogens with one attached hydrogen (secondary N) is 1. The lowest BCUT2D eigenvalue weighted by atomic mass is 10.2. The second kappa shape index (κ2) is 7.41. The van der Waals surface area contributed by atoms with Crippen molar-refractivity contribution in [3.63, 3.8) is 0 Å². The molecule has 22 heavy (non-hydrogen) atoms. The topological polar surface area (TPSA) is 81.2 Å². The van der Waals surface area contributed by atoms with Crippen molar-refractivity contribution in [2.24, 2.45) is 5.10 Å². The molecule has 0 unspecified atom stereocenters. The maximum Gasteiger partial charge on any atom is 0.237 e. The number of hydrogen-bond acceptors (Lipinski definition) is 5. The lowest BCUT2D eigenvalue weighted by Crippen LogP contribution is -1.99. The molecule has 0 aromatic heterocycles. The van der Waals surface area contributed by atoms with Crippen molar-refractivity contribution < 1.29 is 9.13 Å². The zero-order valence-corrected chi connectivity index (χ0v) is 11.5. The molecular weight excluding hydrogens is 283 g/mol. The van der Waals surface area contributed by atoms with Crippen molar-refractivity contribution in [2.45, 2.75) is 6.61 Å². The number of halogens is 1.